The van der Waals surface area contributed by atoms with E-state index < -0.39 is 6.16 Å². The first kappa shape index (κ1) is 25.1. The summed E-state index contributed by atoms with van der Waals surface area (Å²) in [6, 6.07) is 0. The van der Waals surface area contributed by atoms with Crippen LogP contribution in [0.25, 0.3) is 0 Å². The van der Waals surface area contributed by atoms with E-state index in [1.54, 1.807) is 0 Å². The van der Waals surface area contributed by atoms with Crippen LogP contribution in [0.2, 0.25) is 0 Å². The zero-order valence-corrected chi connectivity index (χ0v) is 6.47. The molecule has 0 atom stereocenters. The molecule has 0 spiro atoms. The molecule has 0 bridgehead atoms. The Hall–Kier alpha value is 0.762. The molecular formula is CH4Mg2O4. The number of rotatable bonds is 0. The van der Waals surface area contributed by atoms with Crippen LogP contribution in [-0.2, 0) is 0 Å². The van der Waals surface area contributed by atoms with Gasteiger partial charge in [0.1, 0.15) is 0 Å². The topological polar surface area (TPSA) is 94.7 Å². The Morgan fingerprint density at radius 3 is 1.29 bits per heavy atom. The van der Waals surface area contributed by atoms with E-state index in [1.165, 1.54) is 0 Å². The standard InChI is InChI=1S/CH2O3.2Mg.H2O.2H/c2-1(3)4;;;;;/h(H2,2,3,4);;;1H2;;/q;2*+2;;2*-1/p-2. The Morgan fingerprint density at radius 1 is 1.29 bits per heavy atom. The van der Waals surface area contributed by atoms with E-state index in [9.17, 15) is 0 Å². The molecule has 0 saturated heterocycles. The molecule has 0 aromatic rings. The second-order valence-corrected chi connectivity index (χ2v) is 0.250. The van der Waals surface area contributed by atoms with Gasteiger partial charge >= 0.3 is 46.1 Å². The van der Waals surface area contributed by atoms with E-state index in [2.05, 4.69) is 0 Å². The third-order valence-corrected chi connectivity index (χ3v) is 0. The number of carbonyl (C=O) groups is 1. The molecule has 0 aromatic heterocycles. The summed E-state index contributed by atoms with van der Waals surface area (Å²) >= 11 is 0. The van der Waals surface area contributed by atoms with E-state index >= 15 is 0 Å². The van der Waals surface area contributed by atoms with Crippen LogP contribution in [0.3, 0.4) is 0 Å². The molecule has 0 unspecified atom stereocenters. The number of hydrogen-bond donors (Lipinski definition) is 0. The monoisotopic (exact) mass is 128 g/mol. The molecule has 7 heavy (non-hydrogen) atoms. The maximum Gasteiger partial charge on any atom is 2.00 e. The molecule has 2 N–H and O–H groups in total. The van der Waals surface area contributed by atoms with Gasteiger partial charge in [0, 0.05) is 0 Å². The first-order valence-electron chi connectivity index (χ1n) is 0.612. The molecule has 6 heteroatoms. The molecule has 0 rings (SSSR count). The average Bonchev–Trinajstić information content (AvgIpc) is 0.811. The second-order valence-electron chi connectivity index (χ2n) is 0.250. The molecular weight excluding hydrogens is 125 g/mol. The van der Waals surface area contributed by atoms with Crippen molar-refractivity contribution in [2.45, 2.75) is 0 Å². The molecule has 0 aliphatic rings. The smallest absolute Gasteiger partial charge is 1.00 e. The Balaban J connectivity index is -0.00000000450. The molecule has 0 aliphatic heterocycles. The zero-order valence-electron chi connectivity index (χ0n) is 5.64. The van der Waals surface area contributed by atoms with Crippen LogP contribution in [0.5, 0.6) is 0 Å². The van der Waals surface area contributed by atoms with Gasteiger partial charge in [0.15, 0.2) is 0 Å². The van der Waals surface area contributed by atoms with Gasteiger partial charge < -0.3 is 23.3 Å². The van der Waals surface area contributed by atoms with Crippen LogP contribution in [0, 0.1) is 0 Å². The van der Waals surface area contributed by atoms with Crippen LogP contribution in [0.1, 0.15) is 2.85 Å². The van der Waals surface area contributed by atoms with Crippen molar-refractivity contribution < 1.29 is 23.3 Å². The van der Waals surface area contributed by atoms with Crippen molar-refractivity contribution in [1.82, 2.24) is 0 Å². The van der Waals surface area contributed by atoms with Crippen LogP contribution in [0.4, 0.5) is 4.79 Å². The van der Waals surface area contributed by atoms with Gasteiger partial charge in [-0.2, -0.15) is 0 Å². The van der Waals surface area contributed by atoms with Gasteiger partial charge in [0.25, 0.3) is 0 Å². The molecule has 0 heterocycles. The SMILES string of the molecule is O.O=C([O-])[O-].[H-].[H-].[Mg+2].[Mg+2]. The minimum absolute atomic E-state index is 0. The Morgan fingerprint density at radius 2 is 1.29 bits per heavy atom. The van der Waals surface area contributed by atoms with Gasteiger partial charge in [0.05, 0.1) is 0 Å². The maximum absolute atomic E-state index is 8.33. The number of hydrogen-bond acceptors (Lipinski definition) is 3. The number of carboxylic acid groups (broad SMARTS) is 2. The second kappa shape index (κ2) is 15.9. The van der Waals surface area contributed by atoms with Gasteiger partial charge in [-0.3, -0.25) is 0 Å². The summed E-state index contributed by atoms with van der Waals surface area (Å²) < 4.78 is 0. The largest absolute Gasteiger partial charge is 2.00 e. The summed E-state index contributed by atoms with van der Waals surface area (Å²) in [5, 5.41) is 16.7. The van der Waals surface area contributed by atoms with Crippen LogP contribution in [-0.4, -0.2) is 57.7 Å². The van der Waals surface area contributed by atoms with Gasteiger partial charge in [-0.25, -0.2) is 0 Å². The van der Waals surface area contributed by atoms with Crippen LogP contribution in [0.15, 0.2) is 0 Å². The van der Waals surface area contributed by atoms with Crippen molar-refractivity contribution in [1.29, 1.82) is 0 Å². The normalized spacial score (nSPS) is 3.43. The first-order valence-corrected chi connectivity index (χ1v) is 0.612. The van der Waals surface area contributed by atoms with Crippen molar-refractivity contribution in [2.75, 3.05) is 0 Å². The molecule has 4 nitrogen and oxygen atoms in total. The van der Waals surface area contributed by atoms with E-state index in [0.29, 0.717) is 0 Å². The fourth-order valence-electron chi connectivity index (χ4n) is 0. The van der Waals surface area contributed by atoms with Crippen molar-refractivity contribution in [3.63, 3.8) is 0 Å². The van der Waals surface area contributed by atoms with E-state index in [-0.39, 0.29) is 54.4 Å². The van der Waals surface area contributed by atoms with Crippen molar-refractivity contribution in [2.24, 2.45) is 0 Å². The summed E-state index contributed by atoms with van der Waals surface area (Å²) in [5.74, 6) is 0. The molecule has 0 amide bonds. The minimum Gasteiger partial charge on any atom is -1.00 e. The third-order valence-electron chi connectivity index (χ3n) is 0. The first-order chi connectivity index (χ1) is 1.73. The van der Waals surface area contributed by atoms with Gasteiger partial charge in [-0.05, 0) is 6.16 Å². The summed E-state index contributed by atoms with van der Waals surface area (Å²) in [4.78, 5) is 8.33. The molecule has 0 radical (unpaired) electrons. The Kier molecular flexibility index (Phi) is 56.8. The van der Waals surface area contributed by atoms with Gasteiger partial charge in [-0.1, -0.05) is 0 Å². The zero-order chi connectivity index (χ0) is 3.58. The maximum atomic E-state index is 8.33. The molecule has 0 saturated carbocycles. The number of carbonyl (C=O) groups excluding carboxylic acids is 1. The molecule has 0 aliphatic carbocycles. The van der Waals surface area contributed by atoms with Gasteiger partial charge in [-0.15, -0.1) is 0 Å². The van der Waals surface area contributed by atoms with Crippen molar-refractivity contribution >= 4 is 52.3 Å². The summed E-state index contributed by atoms with van der Waals surface area (Å²) in [5.41, 5.74) is 0. The fourth-order valence-corrected chi connectivity index (χ4v) is 0. The molecule has 0 aromatic carbocycles. The predicted octanol–water partition coefficient (Wildman–Crippen LogP) is -3.81. The van der Waals surface area contributed by atoms with E-state index in [1.807, 2.05) is 0 Å². The Bertz CT molecular complexity index is 39.5. The van der Waals surface area contributed by atoms with Gasteiger partial charge in [0.2, 0.25) is 0 Å². The quantitative estimate of drug-likeness (QED) is 0.313. The summed E-state index contributed by atoms with van der Waals surface area (Å²) in [6.07, 6.45) is -2.33. The third kappa shape index (κ3) is 264. The van der Waals surface area contributed by atoms with Crippen molar-refractivity contribution in [3.05, 3.63) is 0 Å². The summed E-state index contributed by atoms with van der Waals surface area (Å²) in [6.45, 7) is 0. The van der Waals surface area contributed by atoms with E-state index in [4.69, 9.17) is 15.0 Å². The summed E-state index contributed by atoms with van der Waals surface area (Å²) in [7, 11) is 0. The average molecular weight is 129 g/mol. The predicted molar refractivity (Wildman–Crippen MR) is 22.7 cm³/mol. The fraction of sp³-hybridized carbons (Fsp3) is 0. The molecule has 0 fully saturated rings. The van der Waals surface area contributed by atoms with Crippen LogP contribution < -0.4 is 10.2 Å². The Labute approximate surface area is 75.5 Å². The van der Waals surface area contributed by atoms with E-state index in [0.717, 1.165) is 0 Å². The molecule has 36 valence electrons. The van der Waals surface area contributed by atoms with Crippen LogP contribution >= 0.6 is 0 Å². The minimum atomic E-state index is -2.33. The van der Waals surface area contributed by atoms with Crippen molar-refractivity contribution in [3.8, 4) is 0 Å².